The molecule has 0 N–H and O–H groups in total. The van der Waals surface area contributed by atoms with Gasteiger partial charge >= 0.3 is 5.69 Å². The molecule has 0 bridgehead atoms. The van der Waals surface area contributed by atoms with Gasteiger partial charge in [-0.3, -0.25) is 22.9 Å². The first kappa shape index (κ1) is 21.5. The lowest BCUT2D eigenvalue weighted by molar-refractivity contribution is 0.393. The van der Waals surface area contributed by atoms with Crippen LogP contribution in [0.5, 0.6) is 11.5 Å². The Hall–Kier alpha value is -4.34. The molecule has 2 aromatic carbocycles. The molecule has 0 fully saturated rings. The van der Waals surface area contributed by atoms with Crippen molar-refractivity contribution in [1.82, 2.24) is 23.1 Å². The highest BCUT2D eigenvalue weighted by Crippen LogP contribution is 2.31. The monoisotopic (exact) mass is 463 g/mol. The van der Waals surface area contributed by atoms with Crippen molar-refractivity contribution in [3.05, 3.63) is 86.6 Å². The molecule has 0 aliphatic rings. The van der Waals surface area contributed by atoms with E-state index in [-0.39, 0.29) is 23.5 Å². The molecule has 5 rings (SSSR count). The number of imidazole rings is 2. The Morgan fingerprint density at radius 3 is 2.44 bits per heavy atom. The third kappa shape index (κ3) is 3.18. The molecule has 0 saturated heterocycles. The van der Waals surface area contributed by atoms with E-state index in [9.17, 15) is 14.0 Å². The van der Waals surface area contributed by atoms with Crippen LogP contribution in [0.1, 0.15) is 11.3 Å². The third-order valence-electron chi connectivity index (χ3n) is 5.91. The molecule has 3 aromatic heterocycles. The summed E-state index contributed by atoms with van der Waals surface area (Å²) in [5.41, 5.74) is 1.71. The Morgan fingerprint density at radius 2 is 1.76 bits per heavy atom. The van der Waals surface area contributed by atoms with E-state index in [0.717, 1.165) is 10.3 Å². The first-order chi connectivity index (χ1) is 16.3. The summed E-state index contributed by atoms with van der Waals surface area (Å²) in [4.78, 5) is 31.2. The van der Waals surface area contributed by atoms with Gasteiger partial charge in [0.15, 0.2) is 11.2 Å². The summed E-state index contributed by atoms with van der Waals surface area (Å²) < 4.78 is 30.2. The maximum absolute atomic E-state index is 13.5. The second kappa shape index (κ2) is 7.91. The molecule has 0 amide bonds. The Bertz CT molecular complexity index is 1670. The van der Waals surface area contributed by atoms with E-state index in [4.69, 9.17) is 9.47 Å². The highest BCUT2D eigenvalue weighted by Gasteiger charge is 2.22. The molecule has 0 aliphatic carbocycles. The van der Waals surface area contributed by atoms with Crippen LogP contribution in [0.3, 0.4) is 0 Å². The molecule has 0 atom stereocenters. The number of rotatable bonds is 5. The van der Waals surface area contributed by atoms with Crippen LogP contribution in [0, 0.1) is 12.7 Å². The van der Waals surface area contributed by atoms with E-state index in [1.807, 2.05) is 23.6 Å². The average Bonchev–Trinajstić information content (AvgIpc) is 3.35. The van der Waals surface area contributed by atoms with Crippen molar-refractivity contribution < 1.29 is 13.9 Å². The normalized spacial score (nSPS) is 11.4. The van der Waals surface area contributed by atoms with E-state index < -0.39 is 11.2 Å². The molecule has 0 radical (unpaired) electrons. The molecular weight excluding hydrogens is 441 g/mol. The summed E-state index contributed by atoms with van der Waals surface area (Å²) in [6.45, 7) is 1.91. The maximum Gasteiger partial charge on any atom is 0.332 e. The van der Waals surface area contributed by atoms with E-state index in [1.54, 1.807) is 50.1 Å². The van der Waals surface area contributed by atoms with Crippen molar-refractivity contribution in [1.29, 1.82) is 0 Å². The maximum atomic E-state index is 13.5. The molecule has 0 saturated carbocycles. The van der Waals surface area contributed by atoms with Crippen LogP contribution in [-0.2, 0) is 13.6 Å². The minimum atomic E-state index is -0.507. The fourth-order valence-corrected chi connectivity index (χ4v) is 4.19. The van der Waals surface area contributed by atoms with Crippen LogP contribution < -0.4 is 20.7 Å². The Labute approximate surface area is 192 Å². The predicted octanol–water partition coefficient (Wildman–Crippen LogP) is 2.65. The number of ether oxygens (including phenoxy) is 2. The summed E-state index contributed by atoms with van der Waals surface area (Å²) in [6.07, 6.45) is 1.79. The molecule has 0 aliphatic heterocycles. The summed E-state index contributed by atoms with van der Waals surface area (Å²) in [7, 11) is 4.71. The third-order valence-corrected chi connectivity index (χ3v) is 5.91. The number of aryl methyl sites for hydroxylation is 2. The topological polar surface area (TPSA) is 84.7 Å². The molecule has 0 unspecified atom stereocenters. The second-order valence-corrected chi connectivity index (χ2v) is 7.96. The van der Waals surface area contributed by atoms with Crippen molar-refractivity contribution in [2.24, 2.45) is 7.05 Å². The molecule has 5 aromatic rings. The summed E-state index contributed by atoms with van der Waals surface area (Å²) in [6, 6.07) is 11.1. The van der Waals surface area contributed by atoms with Crippen LogP contribution in [0.25, 0.3) is 22.6 Å². The highest BCUT2D eigenvalue weighted by molar-refractivity contribution is 5.77. The van der Waals surface area contributed by atoms with E-state index >= 15 is 0 Å². The van der Waals surface area contributed by atoms with Crippen LogP contribution in [0.2, 0.25) is 0 Å². The summed E-state index contributed by atoms with van der Waals surface area (Å²) in [5.74, 6) is 1.28. The van der Waals surface area contributed by atoms with Gasteiger partial charge in [-0.2, -0.15) is 4.98 Å². The molecule has 34 heavy (non-hydrogen) atoms. The van der Waals surface area contributed by atoms with Crippen molar-refractivity contribution in [3.8, 4) is 17.2 Å². The number of fused-ring (bicyclic) bond motifs is 3. The van der Waals surface area contributed by atoms with Crippen molar-refractivity contribution in [2.45, 2.75) is 13.5 Å². The lowest BCUT2D eigenvalue weighted by Gasteiger charge is -2.12. The number of hydrogen-bond donors (Lipinski definition) is 0. The van der Waals surface area contributed by atoms with E-state index in [2.05, 4.69) is 4.98 Å². The van der Waals surface area contributed by atoms with Crippen molar-refractivity contribution in [3.63, 3.8) is 0 Å². The second-order valence-electron chi connectivity index (χ2n) is 7.96. The number of hydrogen-bond acceptors (Lipinski definition) is 5. The van der Waals surface area contributed by atoms with Gasteiger partial charge in [-0.05, 0) is 36.8 Å². The molecule has 9 nitrogen and oxygen atoms in total. The summed E-state index contributed by atoms with van der Waals surface area (Å²) in [5, 5.41) is 0. The first-order valence-electron chi connectivity index (χ1n) is 10.5. The van der Waals surface area contributed by atoms with Gasteiger partial charge in [-0.1, -0.05) is 12.1 Å². The molecular formula is C24H22FN5O4. The van der Waals surface area contributed by atoms with Gasteiger partial charge in [0.05, 0.1) is 26.5 Å². The standard InChI is InChI=1S/C24H22FN5O4/c1-14-12-28-20-21(26-23(28)30(14)18-10-9-17(33-3)11-19(18)34-4)27(2)24(32)29(22(20)31)13-15-5-7-16(25)8-6-15/h5-12H,13H2,1-4H3. The molecule has 3 heterocycles. The Kier molecular flexibility index (Phi) is 5.00. The van der Waals surface area contributed by atoms with Gasteiger partial charge in [0, 0.05) is 25.0 Å². The SMILES string of the molecule is COc1ccc(-n2c(C)cn3c4c(=O)n(Cc5ccc(F)cc5)c(=O)n(C)c4nc23)c(OC)c1. The van der Waals surface area contributed by atoms with Crippen LogP contribution in [-0.4, -0.2) is 37.3 Å². The van der Waals surface area contributed by atoms with E-state index in [1.165, 1.54) is 16.7 Å². The minimum Gasteiger partial charge on any atom is -0.497 e. The van der Waals surface area contributed by atoms with Gasteiger partial charge in [-0.25, -0.2) is 9.18 Å². The largest absolute Gasteiger partial charge is 0.497 e. The van der Waals surface area contributed by atoms with Crippen LogP contribution in [0.4, 0.5) is 4.39 Å². The number of nitrogens with zero attached hydrogens (tertiary/aromatic N) is 5. The minimum absolute atomic E-state index is 0.0148. The lowest BCUT2D eigenvalue weighted by atomic mass is 10.2. The zero-order valence-corrected chi connectivity index (χ0v) is 19.1. The number of methoxy groups -OCH3 is 2. The van der Waals surface area contributed by atoms with Gasteiger partial charge < -0.3 is 9.47 Å². The van der Waals surface area contributed by atoms with Crippen molar-refractivity contribution in [2.75, 3.05) is 14.2 Å². The molecule has 174 valence electrons. The fraction of sp³-hybridized carbons (Fsp3) is 0.208. The number of aromatic nitrogens is 5. The predicted molar refractivity (Wildman–Crippen MR) is 125 cm³/mol. The quantitative estimate of drug-likeness (QED) is 0.400. The van der Waals surface area contributed by atoms with Crippen LogP contribution >= 0.6 is 0 Å². The average molecular weight is 463 g/mol. The fourth-order valence-electron chi connectivity index (χ4n) is 4.19. The van der Waals surface area contributed by atoms with E-state index in [0.29, 0.717) is 28.5 Å². The molecule has 10 heteroatoms. The zero-order valence-electron chi connectivity index (χ0n) is 19.1. The Morgan fingerprint density at radius 1 is 1.03 bits per heavy atom. The van der Waals surface area contributed by atoms with Gasteiger partial charge in [0.25, 0.3) is 5.56 Å². The lowest BCUT2D eigenvalue weighted by Crippen LogP contribution is -2.39. The van der Waals surface area contributed by atoms with Crippen LogP contribution in [0.15, 0.2) is 58.3 Å². The van der Waals surface area contributed by atoms with Gasteiger partial charge in [0.1, 0.15) is 17.3 Å². The Balaban J connectivity index is 1.77. The summed E-state index contributed by atoms with van der Waals surface area (Å²) >= 11 is 0. The highest BCUT2D eigenvalue weighted by atomic mass is 19.1. The first-order valence-corrected chi connectivity index (χ1v) is 10.5. The number of halogens is 1. The zero-order chi connectivity index (χ0) is 24.1. The van der Waals surface area contributed by atoms with Gasteiger partial charge in [-0.15, -0.1) is 0 Å². The van der Waals surface area contributed by atoms with Crippen molar-refractivity contribution >= 4 is 16.9 Å². The van der Waals surface area contributed by atoms with Gasteiger partial charge in [0.2, 0.25) is 5.78 Å². The number of benzene rings is 2. The smallest absolute Gasteiger partial charge is 0.332 e. The molecule has 0 spiro atoms.